The maximum absolute atomic E-state index is 12.8. The number of nitrogens with one attached hydrogen (secondary N) is 1. The highest BCUT2D eigenvalue weighted by Crippen LogP contribution is 2.24. The minimum absolute atomic E-state index is 0.0987. The first kappa shape index (κ1) is 15.3. The second kappa shape index (κ2) is 7.12. The number of aromatic nitrogens is 1. The van der Waals surface area contributed by atoms with Crippen molar-refractivity contribution < 1.29 is 4.79 Å². The normalized spacial score (nSPS) is 22.8. The Hall–Kier alpha value is -1.58. The Labute approximate surface area is 133 Å². The topological polar surface area (TPSA) is 45.2 Å². The molecule has 1 unspecified atom stereocenters. The predicted molar refractivity (Wildman–Crippen MR) is 89.1 cm³/mol. The number of amides is 1. The van der Waals surface area contributed by atoms with Crippen molar-refractivity contribution in [2.24, 2.45) is 0 Å². The highest BCUT2D eigenvalue weighted by molar-refractivity contribution is 5.93. The largest absolute Gasteiger partial charge is 0.382 e. The number of rotatable bonds is 4. The number of hydrogen-bond acceptors (Lipinski definition) is 3. The lowest BCUT2D eigenvalue weighted by Crippen LogP contribution is -2.43. The summed E-state index contributed by atoms with van der Waals surface area (Å²) in [5.41, 5.74) is 1.62. The van der Waals surface area contributed by atoms with Crippen LogP contribution >= 0.6 is 0 Å². The standard InChI is InChI=1S/C18H27N3O/c1-2-16-9-5-6-12-21(16)18(22)17-13-15(10-11-19-17)20-14-7-3-4-8-14/h10-11,13-14,16H,2-9,12H2,1H3,(H,19,20). The van der Waals surface area contributed by atoms with Gasteiger partial charge in [-0.25, -0.2) is 0 Å². The molecular weight excluding hydrogens is 274 g/mol. The quantitative estimate of drug-likeness (QED) is 0.919. The first-order valence-corrected chi connectivity index (χ1v) is 8.81. The molecule has 4 heteroatoms. The van der Waals surface area contributed by atoms with E-state index in [1.807, 2.05) is 17.0 Å². The Morgan fingerprint density at radius 1 is 1.27 bits per heavy atom. The van der Waals surface area contributed by atoms with E-state index in [0.29, 0.717) is 17.8 Å². The molecule has 1 atom stereocenters. The van der Waals surface area contributed by atoms with Gasteiger partial charge in [0.1, 0.15) is 5.69 Å². The summed E-state index contributed by atoms with van der Waals surface area (Å²) in [5.74, 6) is 0.0987. The molecule has 2 aliphatic rings. The van der Waals surface area contributed by atoms with Crippen molar-refractivity contribution in [2.45, 2.75) is 70.4 Å². The summed E-state index contributed by atoms with van der Waals surface area (Å²) in [6.07, 6.45) is 11.3. The molecule has 1 aromatic heterocycles. The van der Waals surface area contributed by atoms with Crippen LogP contribution in [0.25, 0.3) is 0 Å². The van der Waals surface area contributed by atoms with Crippen molar-refractivity contribution in [3.05, 3.63) is 24.0 Å². The van der Waals surface area contributed by atoms with Gasteiger partial charge in [-0.05, 0) is 50.7 Å². The Morgan fingerprint density at radius 3 is 2.82 bits per heavy atom. The maximum Gasteiger partial charge on any atom is 0.272 e. The van der Waals surface area contributed by atoms with E-state index in [-0.39, 0.29) is 5.91 Å². The first-order chi connectivity index (χ1) is 10.8. The number of anilines is 1. The van der Waals surface area contributed by atoms with Crippen LogP contribution in [-0.2, 0) is 0 Å². The minimum atomic E-state index is 0.0987. The van der Waals surface area contributed by atoms with Gasteiger partial charge >= 0.3 is 0 Å². The van der Waals surface area contributed by atoms with Crippen molar-refractivity contribution in [3.8, 4) is 0 Å². The molecule has 1 N–H and O–H groups in total. The lowest BCUT2D eigenvalue weighted by atomic mass is 9.99. The van der Waals surface area contributed by atoms with E-state index in [9.17, 15) is 4.79 Å². The lowest BCUT2D eigenvalue weighted by molar-refractivity contribution is 0.0602. The fourth-order valence-corrected chi connectivity index (χ4v) is 3.78. The maximum atomic E-state index is 12.8. The molecule has 0 aromatic carbocycles. The van der Waals surface area contributed by atoms with Crippen molar-refractivity contribution in [1.82, 2.24) is 9.88 Å². The van der Waals surface area contributed by atoms with Crippen molar-refractivity contribution in [2.75, 3.05) is 11.9 Å². The van der Waals surface area contributed by atoms with E-state index in [4.69, 9.17) is 0 Å². The van der Waals surface area contributed by atoms with Gasteiger partial charge in [-0.1, -0.05) is 19.8 Å². The Morgan fingerprint density at radius 2 is 2.05 bits per heavy atom. The molecule has 1 aromatic rings. The van der Waals surface area contributed by atoms with E-state index < -0.39 is 0 Å². The Kier molecular flexibility index (Phi) is 4.96. The van der Waals surface area contributed by atoms with Gasteiger partial charge in [0, 0.05) is 30.5 Å². The van der Waals surface area contributed by atoms with Gasteiger partial charge in [-0.15, -0.1) is 0 Å². The summed E-state index contributed by atoms with van der Waals surface area (Å²) < 4.78 is 0. The molecule has 3 rings (SSSR count). The van der Waals surface area contributed by atoms with E-state index in [0.717, 1.165) is 31.5 Å². The molecule has 1 saturated carbocycles. The zero-order valence-corrected chi connectivity index (χ0v) is 13.6. The third-order valence-corrected chi connectivity index (χ3v) is 5.06. The van der Waals surface area contributed by atoms with Gasteiger partial charge in [0.05, 0.1) is 0 Å². The minimum Gasteiger partial charge on any atom is -0.382 e. The van der Waals surface area contributed by atoms with Gasteiger partial charge in [0.15, 0.2) is 0 Å². The average Bonchev–Trinajstić information content (AvgIpc) is 3.07. The molecule has 0 radical (unpaired) electrons. The Bertz CT molecular complexity index is 511. The summed E-state index contributed by atoms with van der Waals surface area (Å²) in [4.78, 5) is 19.2. The Balaban J connectivity index is 1.71. The summed E-state index contributed by atoms with van der Waals surface area (Å²) in [6, 6.07) is 4.85. The molecule has 120 valence electrons. The van der Waals surface area contributed by atoms with Crippen molar-refractivity contribution >= 4 is 11.6 Å². The van der Waals surface area contributed by atoms with Crippen LogP contribution in [0, 0.1) is 0 Å². The van der Waals surface area contributed by atoms with Gasteiger partial charge in [-0.2, -0.15) is 0 Å². The van der Waals surface area contributed by atoms with Crippen LogP contribution in [-0.4, -0.2) is 34.4 Å². The summed E-state index contributed by atoms with van der Waals surface area (Å²) in [6.45, 7) is 3.04. The van der Waals surface area contributed by atoms with Gasteiger partial charge in [-0.3, -0.25) is 9.78 Å². The second-order valence-corrected chi connectivity index (χ2v) is 6.61. The predicted octanol–water partition coefficient (Wildman–Crippen LogP) is 3.84. The third-order valence-electron chi connectivity index (χ3n) is 5.06. The number of piperidine rings is 1. The number of likely N-dealkylation sites (tertiary alicyclic amines) is 1. The number of nitrogens with zero attached hydrogens (tertiary/aromatic N) is 2. The van der Waals surface area contributed by atoms with E-state index in [1.165, 1.54) is 32.1 Å². The first-order valence-electron chi connectivity index (χ1n) is 8.81. The third kappa shape index (κ3) is 3.42. The van der Waals surface area contributed by atoms with Crippen LogP contribution in [0.5, 0.6) is 0 Å². The summed E-state index contributed by atoms with van der Waals surface area (Å²) >= 11 is 0. The fourth-order valence-electron chi connectivity index (χ4n) is 3.78. The highest BCUT2D eigenvalue weighted by Gasteiger charge is 2.27. The van der Waals surface area contributed by atoms with Crippen LogP contribution in [0.3, 0.4) is 0 Å². The van der Waals surface area contributed by atoms with Crippen LogP contribution in [0.1, 0.15) is 68.8 Å². The molecule has 2 heterocycles. The van der Waals surface area contributed by atoms with Crippen LogP contribution in [0.15, 0.2) is 18.3 Å². The molecule has 4 nitrogen and oxygen atoms in total. The van der Waals surface area contributed by atoms with E-state index >= 15 is 0 Å². The molecule has 1 aliphatic heterocycles. The number of pyridine rings is 1. The van der Waals surface area contributed by atoms with Gasteiger partial charge in [0.25, 0.3) is 5.91 Å². The summed E-state index contributed by atoms with van der Waals surface area (Å²) in [5, 5.41) is 3.55. The molecule has 22 heavy (non-hydrogen) atoms. The van der Waals surface area contributed by atoms with Crippen molar-refractivity contribution in [3.63, 3.8) is 0 Å². The molecule has 1 saturated heterocycles. The van der Waals surface area contributed by atoms with Crippen LogP contribution < -0.4 is 5.32 Å². The van der Waals surface area contributed by atoms with Crippen LogP contribution in [0.2, 0.25) is 0 Å². The molecular formula is C18H27N3O. The molecule has 0 spiro atoms. The van der Waals surface area contributed by atoms with Gasteiger partial charge in [0.2, 0.25) is 0 Å². The zero-order valence-electron chi connectivity index (χ0n) is 13.6. The molecule has 1 aliphatic carbocycles. The lowest BCUT2D eigenvalue weighted by Gasteiger charge is -2.35. The summed E-state index contributed by atoms with van der Waals surface area (Å²) in [7, 11) is 0. The van der Waals surface area contributed by atoms with E-state index in [2.05, 4.69) is 17.2 Å². The van der Waals surface area contributed by atoms with Crippen molar-refractivity contribution in [1.29, 1.82) is 0 Å². The SMILES string of the molecule is CCC1CCCCN1C(=O)c1cc(NC2CCCC2)ccn1. The number of carbonyl (C=O) groups excluding carboxylic acids is 1. The molecule has 2 fully saturated rings. The highest BCUT2D eigenvalue weighted by atomic mass is 16.2. The zero-order chi connectivity index (χ0) is 15.4. The molecule has 1 amide bonds. The number of carbonyl (C=O) groups is 1. The fraction of sp³-hybridized carbons (Fsp3) is 0.667. The van der Waals surface area contributed by atoms with Gasteiger partial charge < -0.3 is 10.2 Å². The van der Waals surface area contributed by atoms with Crippen LogP contribution in [0.4, 0.5) is 5.69 Å². The average molecular weight is 301 g/mol. The van der Waals surface area contributed by atoms with E-state index in [1.54, 1.807) is 6.20 Å². The number of hydrogen-bond donors (Lipinski definition) is 1. The smallest absolute Gasteiger partial charge is 0.272 e. The second-order valence-electron chi connectivity index (χ2n) is 6.61. The monoisotopic (exact) mass is 301 g/mol. The molecule has 0 bridgehead atoms.